The van der Waals surface area contributed by atoms with E-state index in [4.69, 9.17) is 14.7 Å². The Morgan fingerprint density at radius 3 is 2.61 bits per heavy atom. The number of fused-ring (bicyclic) bond motifs is 2. The number of nitrogens with zero attached hydrogens (tertiary/aromatic N) is 7. The zero-order chi connectivity index (χ0) is 36.2. The molecule has 1 aromatic carbocycles. The number of imidazole rings is 1. The number of pyridine rings is 1. The summed E-state index contributed by atoms with van der Waals surface area (Å²) in [6.45, 7) is 8.14. The third-order valence-electron chi connectivity index (χ3n) is 8.92. The van der Waals surface area contributed by atoms with Gasteiger partial charge in [0.2, 0.25) is 5.95 Å². The van der Waals surface area contributed by atoms with E-state index in [2.05, 4.69) is 35.7 Å². The van der Waals surface area contributed by atoms with Crippen LogP contribution in [0, 0.1) is 5.41 Å². The molecule has 3 unspecified atom stereocenters. The van der Waals surface area contributed by atoms with Gasteiger partial charge in [0, 0.05) is 36.5 Å². The number of aliphatic imine (C=N–C) groups is 1. The largest absolute Gasteiger partial charge is 0.484 e. The molecule has 1 fully saturated rings. The van der Waals surface area contributed by atoms with Crippen LogP contribution in [0.25, 0.3) is 5.65 Å². The maximum Gasteiger partial charge on any atom is 0.349 e. The van der Waals surface area contributed by atoms with Crippen molar-refractivity contribution < 1.29 is 22.5 Å². The van der Waals surface area contributed by atoms with Gasteiger partial charge in [-0.05, 0) is 59.6 Å². The van der Waals surface area contributed by atoms with Crippen LogP contribution in [-0.2, 0) is 25.4 Å². The van der Waals surface area contributed by atoms with E-state index < -0.39 is 16.5 Å². The lowest BCUT2D eigenvalue weighted by Gasteiger charge is -2.32. The molecule has 3 atom stereocenters. The second-order valence-corrected chi connectivity index (χ2v) is 15.7. The molecule has 5 N–H and O–H groups in total. The van der Waals surface area contributed by atoms with E-state index in [1.54, 1.807) is 16.8 Å². The summed E-state index contributed by atoms with van der Waals surface area (Å²) in [6.07, 6.45) is 12.5. The first-order valence-electron chi connectivity index (χ1n) is 17.2. The summed E-state index contributed by atoms with van der Waals surface area (Å²) in [5, 5.41) is 14.8. The number of ether oxygens (including phenoxy) is 1. The SMILES string of the molecule is CC(C)(C)C(N)=CC(=Nc1cn(CCO[S+](C)(=O)O)cn1)NC(=O)NC1CCC(Oc2ccc3nnc(N4CCCCC4)n3c2)c2ccccc21. The van der Waals surface area contributed by atoms with Crippen LogP contribution in [0.3, 0.4) is 0 Å². The number of benzene rings is 1. The van der Waals surface area contributed by atoms with Crippen LogP contribution in [0.15, 0.2) is 71.9 Å². The molecule has 1 aliphatic heterocycles. The van der Waals surface area contributed by atoms with E-state index in [1.807, 2.05) is 67.8 Å². The Morgan fingerprint density at radius 2 is 1.86 bits per heavy atom. The van der Waals surface area contributed by atoms with E-state index in [9.17, 15) is 13.6 Å². The third kappa shape index (κ3) is 9.31. The van der Waals surface area contributed by atoms with Crippen molar-refractivity contribution in [1.29, 1.82) is 0 Å². The van der Waals surface area contributed by atoms with Gasteiger partial charge in [-0.3, -0.25) is 9.72 Å². The highest BCUT2D eigenvalue weighted by Gasteiger charge is 2.30. The van der Waals surface area contributed by atoms with E-state index in [1.165, 1.54) is 12.7 Å². The van der Waals surface area contributed by atoms with Crippen molar-refractivity contribution in [3.63, 3.8) is 0 Å². The number of carbonyl (C=O) groups is 1. The molecule has 0 saturated carbocycles. The Morgan fingerprint density at radius 1 is 1.10 bits per heavy atom. The molecule has 272 valence electrons. The molecule has 4 aromatic rings. The second-order valence-electron chi connectivity index (χ2n) is 14.0. The molecule has 51 heavy (non-hydrogen) atoms. The van der Waals surface area contributed by atoms with Gasteiger partial charge in [-0.2, -0.15) is 4.55 Å². The van der Waals surface area contributed by atoms with Crippen molar-refractivity contribution in [3.8, 4) is 5.75 Å². The molecule has 0 bridgehead atoms. The highest BCUT2D eigenvalue weighted by atomic mass is 32.3. The Labute approximate surface area is 298 Å². The number of rotatable bonds is 10. The number of amidine groups is 1. The van der Waals surface area contributed by atoms with Gasteiger partial charge >= 0.3 is 16.5 Å². The van der Waals surface area contributed by atoms with Gasteiger partial charge in [0.1, 0.15) is 24.3 Å². The first kappa shape index (κ1) is 36.0. The predicted octanol–water partition coefficient (Wildman–Crippen LogP) is 5.32. The molecule has 1 saturated heterocycles. The number of nitrogens with two attached hydrogens (primary N) is 1. The fourth-order valence-corrected chi connectivity index (χ4v) is 6.53. The van der Waals surface area contributed by atoms with Crippen LogP contribution in [0.4, 0.5) is 16.6 Å². The molecular formula is C35H47N10O5S+. The number of anilines is 1. The molecule has 0 radical (unpaired) electrons. The first-order chi connectivity index (χ1) is 24.3. The zero-order valence-electron chi connectivity index (χ0n) is 29.5. The summed E-state index contributed by atoms with van der Waals surface area (Å²) in [6, 6.07) is 11.2. The Bertz CT molecular complexity index is 1950. The highest BCUT2D eigenvalue weighted by Crippen LogP contribution is 2.39. The molecule has 2 aliphatic rings. The average Bonchev–Trinajstić information content (AvgIpc) is 3.71. The van der Waals surface area contributed by atoms with Crippen molar-refractivity contribution in [2.45, 2.75) is 71.6 Å². The maximum absolute atomic E-state index is 13.5. The topological polar surface area (TPSA) is 187 Å². The van der Waals surface area contributed by atoms with Gasteiger partial charge < -0.3 is 25.3 Å². The number of aromatic nitrogens is 5. The third-order valence-corrected chi connectivity index (χ3v) is 9.53. The average molecular weight is 720 g/mol. The zero-order valence-corrected chi connectivity index (χ0v) is 30.3. The molecule has 16 heteroatoms. The van der Waals surface area contributed by atoms with Crippen molar-refractivity contribution in [3.05, 3.63) is 78.0 Å². The second kappa shape index (κ2) is 15.2. The Hall–Kier alpha value is -4.80. The Kier molecular flexibility index (Phi) is 10.7. The number of piperidine rings is 1. The van der Waals surface area contributed by atoms with Crippen molar-refractivity contribution >= 4 is 39.8 Å². The Balaban J connectivity index is 1.15. The number of urea groups is 1. The van der Waals surface area contributed by atoms with Crippen LogP contribution in [-0.4, -0.2) is 66.5 Å². The molecule has 0 spiro atoms. The summed E-state index contributed by atoms with van der Waals surface area (Å²) in [7, 11) is -3.31. The normalized spacial score (nSPS) is 19.7. The standard InChI is InChI=1S/C35H46N10O5S/c1-35(2,3)29(36)20-30(39-31-22-43(23-37-31)18-19-49-51(4,47)48)40-33(46)38-27-13-14-28(26-11-7-6-10-25(26)27)50-24-12-15-32-41-42-34(45(32)21-24)44-16-8-5-9-17-44/h6-7,10-12,15,20-23,27-28H,5,8-9,13-14,16-19H2,1-4H3,(H4-,36,38,39,40,46,47,48)/p+1. The molecule has 15 nitrogen and oxygen atoms in total. The highest BCUT2D eigenvalue weighted by molar-refractivity contribution is 7.92. The number of hydrogen-bond donors (Lipinski definition) is 4. The fraction of sp³-hybridized carbons (Fsp3) is 0.457. The summed E-state index contributed by atoms with van der Waals surface area (Å²) < 4.78 is 36.0. The van der Waals surface area contributed by atoms with Crippen molar-refractivity contribution in [2.75, 3.05) is 30.9 Å². The molecule has 2 amide bonds. The van der Waals surface area contributed by atoms with Crippen LogP contribution < -0.4 is 26.0 Å². The van der Waals surface area contributed by atoms with E-state index in [0.717, 1.165) is 60.7 Å². The lowest BCUT2D eigenvalue weighted by molar-refractivity contribution is 0.171. The van der Waals surface area contributed by atoms with Crippen LogP contribution >= 0.6 is 0 Å². The molecule has 4 heterocycles. The number of hydrogen-bond acceptors (Lipinski definition) is 10. The van der Waals surface area contributed by atoms with Gasteiger partial charge in [0.25, 0.3) is 0 Å². The van der Waals surface area contributed by atoms with Gasteiger partial charge in [0.05, 0.1) is 25.1 Å². The molecule has 1 aliphatic carbocycles. The van der Waals surface area contributed by atoms with Crippen LogP contribution in [0.1, 0.15) is 76.1 Å². The fourth-order valence-electron chi connectivity index (χ4n) is 6.15. The van der Waals surface area contributed by atoms with Gasteiger partial charge in [-0.15, -0.1) is 14.4 Å². The summed E-state index contributed by atoms with van der Waals surface area (Å²) in [4.78, 5) is 24.6. The van der Waals surface area contributed by atoms with Gasteiger partial charge in [0.15, 0.2) is 17.7 Å². The summed E-state index contributed by atoms with van der Waals surface area (Å²) >= 11 is 0. The van der Waals surface area contributed by atoms with Crippen LogP contribution in [0.2, 0.25) is 0 Å². The van der Waals surface area contributed by atoms with Gasteiger partial charge in [-0.1, -0.05) is 45.0 Å². The minimum atomic E-state index is -3.31. The minimum Gasteiger partial charge on any atom is -0.484 e. The smallest absolute Gasteiger partial charge is 0.349 e. The minimum absolute atomic E-state index is 0.0154. The number of carbonyl (C=O) groups excluding carboxylic acids is 1. The molecule has 3 aromatic heterocycles. The number of amides is 2. The van der Waals surface area contributed by atoms with E-state index in [-0.39, 0.29) is 36.5 Å². The number of allylic oxidation sites excluding steroid dienone is 1. The molecule has 6 rings (SSSR count). The summed E-state index contributed by atoms with van der Waals surface area (Å²) in [5.41, 5.74) is 9.29. The quantitative estimate of drug-likeness (QED) is 0.0949. The number of nitrogens with one attached hydrogen (secondary N) is 2. The van der Waals surface area contributed by atoms with E-state index >= 15 is 0 Å². The van der Waals surface area contributed by atoms with Crippen molar-refractivity contribution in [2.24, 2.45) is 16.1 Å². The lowest BCUT2D eigenvalue weighted by atomic mass is 9.85. The first-order valence-corrected chi connectivity index (χ1v) is 19.0. The van der Waals surface area contributed by atoms with Crippen molar-refractivity contribution in [1.82, 2.24) is 34.8 Å². The summed E-state index contributed by atoms with van der Waals surface area (Å²) in [5.74, 6) is 2.10. The lowest BCUT2D eigenvalue weighted by Crippen LogP contribution is -2.42. The van der Waals surface area contributed by atoms with Crippen LogP contribution in [0.5, 0.6) is 5.75 Å². The predicted molar refractivity (Wildman–Crippen MR) is 196 cm³/mol. The molecular weight excluding hydrogens is 673 g/mol. The van der Waals surface area contributed by atoms with Gasteiger partial charge in [-0.25, -0.2) is 14.8 Å². The maximum atomic E-state index is 13.5. The van der Waals surface area contributed by atoms with E-state index in [0.29, 0.717) is 24.4 Å². The monoisotopic (exact) mass is 719 g/mol.